The fourth-order valence-corrected chi connectivity index (χ4v) is 3.15. The molecule has 0 unspecified atom stereocenters. The number of benzene rings is 1. The molecule has 0 saturated carbocycles. The molecule has 7 heteroatoms. The number of rotatable bonds is 4. The van der Waals surface area contributed by atoms with E-state index in [1.54, 1.807) is 23.1 Å². The van der Waals surface area contributed by atoms with Gasteiger partial charge in [-0.1, -0.05) is 35.3 Å². The van der Waals surface area contributed by atoms with Crippen LogP contribution >= 0.6 is 23.2 Å². The van der Waals surface area contributed by atoms with Crippen molar-refractivity contribution < 1.29 is 14.3 Å². The summed E-state index contributed by atoms with van der Waals surface area (Å²) in [6.07, 6.45) is 1.67. The lowest BCUT2D eigenvalue weighted by atomic mass is 10.1. The van der Waals surface area contributed by atoms with Crippen molar-refractivity contribution in [3.05, 3.63) is 63.9 Å². The molecule has 0 aliphatic carbocycles. The first-order valence-corrected chi connectivity index (χ1v) is 9.68. The molecule has 148 valence electrons. The molecule has 0 saturated heterocycles. The van der Waals surface area contributed by atoms with Gasteiger partial charge in [-0.05, 0) is 56.7 Å². The first kappa shape index (κ1) is 20.5. The van der Waals surface area contributed by atoms with Gasteiger partial charge in [0.15, 0.2) is 0 Å². The Morgan fingerprint density at radius 1 is 1.21 bits per heavy atom. The van der Waals surface area contributed by atoms with Crippen molar-refractivity contribution >= 4 is 34.9 Å². The Morgan fingerprint density at radius 2 is 2.00 bits per heavy atom. The quantitative estimate of drug-likeness (QED) is 0.645. The summed E-state index contributed by atoms with van der Waals surface area (Å²) in [5, 5.41) is 1.01. The van der Waals surface area contributed by atoms with Crippen molar-refractivity contribution in [2.75, 3.05) is 13.1 Å². The van der Waals surface area contributed by atoms with Crippen molar-refractivity contribution in [2.24, 2.45) is 0 Å². The third-order valence-electron chi connectivity index (χ3n) is 3.98. The van der Waals surface area contributed by atoms with E-state index in [9.17, 15) is 4.79 Å². The normalized spacial score (nSPS) is 14.0. The van der Waals surface area contributed by atoms with Gasteiger partial charge in [-0.15, -0.1) is 0 Å². The van der Waals surface area contributed by atoms with Crippen molar-refractivity contribution in [1.29, 1.82) is 0 Å². The van der Waals surface area contributed by atoms with Gasteiger partial charge in [-0.25, -0.2) is 9.78 Å². The van der Waals surface area contributed by atoms with Crippen LogP contribution in [0.25, 0.3) is 5.57 Å². The predicted octanol–water partition coefficient (Wildman–Crippen LogP) is 5.60. The van der Waals surface area contributed by atoms with Gasteiger partial charge >= 0.3 is 6.09 Å². The van der Waals surface area contributed by atoms with Crippen LogP contribution in [-0.4, -0.2) is 34.7 Å². The van der Waals surface area contributed by atoms with Gasteiger partial charge in [-0.2, -0.15) is 0 Å². The number of aromatic nitrogens is 1. The Labute approximate surface area is 174 Å². The van der Waals surface area contributed by atoms with Crippen molar-refractivity contribution in [3.8, 4) is 5.75 Å². The largest absolute Gasteiger partial charge is 0.486 e. The number of ether oxygens (including phenoxy) is 2. The van der Waals surface area contributed by atoms with Crippen LogP contribution in [0, 0.1) is 0 Å². The highest BCUT2D eigenvalue weighted by atomic mass is 35.5. The van der Waals surface area contributed by atoms with E-state index in [-0.39, 0.29) is 12.7 Å². The average molecular weight is 421 g/mol. The smallest absolute Gasteiger partial charge is 0.410 e. The number of amides is 1. The molecule has 3 rings (SSSR count). The third kappa shape index (κ3) is 5.40. The molecule has 0 atom stereocenters. The standard InChI is InChI=1S/C21H22Cl2N2O3/c1-21(2,3)28-20(26)25-10-9-14(12-25)18-6-4-5-16(24-18)13-27-19-8-7-15(22)11-17(19)23/h4-9,11H,10,12-13H2,1-3H3. The summed E-state index contributed by atoms with van der Waals surface area (Å²) >= 11 is 12.0. The first-order valence-electron chi connectivity index (χ1n) is 8.92. The van der Waals surface area contributed by atoms with Crippen LogP contribution in [0.2, 0.25) is 10.0 Å². The number of carbonyl (C=O) groups is 1. The molecule has 1 aromatic carbocycles. The van der Waals surface area contributed by atoms with Gasteiger partial charge in [0.25, 0.3) is 0 Å². The topological polar surface area (TPSA) is 51.7 Å². The summed E-state index contributed by atoms with van der Waals surface area (Å²) in [6, 6.07) is 10.8. The van der Waals surface area contributed by atoms with E-state index in [4.69, 9.17) is 32.7 Å². The second-order valence-corrected chi connectivity index (χ2v) is 8.31. The fourth-order valence-electron chi connectivity index (χ4n) is 2.69. The average Bonchev–Trinajstić information content (AvgIpc) is 3.10. The van der Waals surface area contributed by atoms with Crippen LogP contribution in [-0.2, 0) is 11.3 Å². The summed E-state index contributed by atoms with van der Waals surface area (Å²) in [6.45, 7) is 6.81. The van der Waals surface area contributed by atoms with Gasteiger partial charge in [0.1, 0.15) is 18.0 Å². The van der Waals surface area contributed by atoms with E-state index in [1.165, 1.54) is 0 Å². The highest BCUT2D eigenvalue weighted by molar-refractivity contribution is 6.35. The van der Waals surface area contributed by atoms with Gasteiger partial charge in [0, 0.05) is 11.6 Å². The molecular weight excluding hydrogens is 399 g/mol. The van der Waals surface area contributed by atoms with Gasteiger partial charge in [-0.3, -0.25) is 0 Å². The van der Waals surface area contributed by atoms with E-state index < -0.39 is 5.60 Å². The zero-order valence-electron chi connectivity index (χ0n) is 16.0. The molecule has 5 nitrogen and oxygen atoms in total. The molecule has 0 fully saturated rings. The molecule has 1 aliphatic rings. The number of hydrogen-bond donors (Lipinski definition) is 0. The molecule has 0 radical (unpaired) electrons. The number of carbonyl (C=O) groups excluding carboxylic acids is 1. The number of halogens is 2. The Hall–Kier alpha value is -2.24. The van der Waals surface area contributed by atoms with Crippen LogP contribution < -0.4 is 4.74 Å². The van der Waals surface area contributed by atoms with Crippen LogP contribution in [0.4, 0.5) is 4.79 Å². The molecule has 0 bridgehead atoms. The first-order chi connectivity index (χ1) is 13.2. The summed E-state index contributed by atoms with van der Waals surface area (Å²) in [7, 11) is 0. The highest BCUT2D eigenvalue weighted by Gasteiger charge is 2.26. The summed E-state index contributed by atoms with van der Waals surface area (Å²) in [5.41, 5.74) is 2.05. The van der Waals surface area contributed by atoms with E-state index >= 15 is 0 Å². The predicted molar refractivity (Wildman–Crippen MR) is 111 cm³/mol. The molecular formula is C21H22Cl2N2O3. The SMILES string of the molecule is CC(C)(C)OC(=O)N1CC=C(c2cccc(COc3ccc(Cl)cc3Cl)n2)C1. The molecule has 0 spiro atoms. The van der Waals surface area contributed by atoms with Crippen molar-refractivity contribution in [1.82, 2.24) is 9.88 Å². The molecule has 2 heterocycles. The summed E-state index contributed by atoms with van der Waals surface area (Å²) in [5.74, 6) is 0.550. The van der Waals surface area contributed by atoms with Gasteiger partial charge in [0.2, 0.25) is 0 Å². The van der Waals surface area contributed by atoms with Gasteiger partial charge < -0.3 is 14.4 Å². The third-order valence-corrected chi connectivity index (χ3v) is 4.51. The lowest BCUT2D eigenvalue weighted by molar-refractivity contribution is 0.0306. The zero-order chi connectivity index (χ0) is 20.3. The second-order valence-electron chi connectivity index (χ2n) is 7.47. The highest BCUT2D eigenvalue weighted by Crippen LogP contribution is 2.28. The lowest BCUT2D eigenvalue weighted by Crippen LogP contribution is -2.35. The maximum absolute atomic E-state index is 12.2. The van der Waals surface area contributed by atoms with Crippen LogP contribution in [0.1, 0.15) is 32.2 Å². The zero-order valence-corrected chi connectivity index (χ0v) is 17.5. The maximum Gasteiger partial charge on any atom is 0.410 e. The van der Waals surface area contributed by atoms with Crippen LogP contribution in [0.5, 0.6) is 5.75 Å². The minimum atomic E-state index is -0.516. The fraction of sp³-hybridized carbons (Fsp3) is 0.333. The Bertz CT molecular complexity index is 907. The Kier molecular flexibility index (Phi) is 6.16. The molecule has 2 aromatic rings. The second kappa shape index (κ2) is 8.41. The minimum absolute atomic E-state index is 0.276. The summed E-state index contributed by atoms with van der Waals surface area (Å²) < 4.78 is 11.2. The monoisotopic (exact) mass is 420 g/mol. The van der Waals surface area contributed by atoms with Crippen molar-refractivity contribution in [2.45, 2.75) is 33.0 Å². The lowest BCUT2D eigenvalue weighted by Gasteiger charge is -2.24. The Balaban J connectivity index is 1.63. The molecule has 0 N–H and O–H groups in total. The number of hydrogen-bond acceptors (Lipinski definition) is 4. The molecule has 1 amide bonds. The summed E-state index contributed by atoms with van der Waals surface area (Å²) in [4.78, 5) is 18.5. The van der Waals surface area contributed by atoms with E-state index in [1.807, 2.05) is 45.0 Å². The van der Waals surface area contributed by atoms with E-state index in [0.29, 0.717) is 28.9 Å². The van der Waals surface area contributed by atoms with E-state index in [2.05, 4.69) is 4.98 Å². The minimum Gasteiger partial charge on any atom is -0.486 e. The Morgan fingerprint density at radius 3 is 2.71 bits per heavy atom. The number of pyridine rings is 1. The van der Waals surface area contributed by atoms with Gasteiger partial charge in [0.05, 0.1) is 23.0 Å². The number of nitrogens with zero attached hydrogens (tertiary/aromatic N) is 2. The van der Waals surface area contributed by atoms with Crippen LogP contribution in [0.3, 0.4) is 0 Å². The van der Waals surface area contributed by atoms with Crippen LogP contribution in [0.15, 0.2) is 42.5 Å². The molecule has 28 heavy (non-hydrogen) atoms. The maximum atomic E-state index is 12.2. The van der Waals surface area contributed by atoms with E-state index in [0.717, 1.165) is 17.0 Å². The molecule has 1 aromatic heterocycles. The molecule has 1 aliphatic heterocycles. The van der Waals surface area contributed by atoms with Crippen molar-refractivity contribution in [3.63, 3.8) is 0 Å².